The minimum atomic E-state index is -0.937. The normalized spacial score (nSPS) is 12.6. The van der Waals surface area contributed by atoms with Gasteiger partial charge in [0.2, 0.25) is 0 Å². The van der Waals surface area contributed by atoms with Crippen molar-refractivity contribution in [3.8, 4) is 5.75 Å². The molecule has 1 unspecified atom stereocenters. The second-order valence-electron chi connectivity index (χ2n) is 4.43. The Morgan fingerprint density at radius 1 is 1.20 bits per heavy atom. The lowest BCUT2D eigenvalue weighted by molar-refractivity contribution is 0.211. The number of nitrogens with one attached hydrogen (secondary N) is 1. The number of ether oxygens (including phenoxy) is 1. The molecule has 2 aromatic carbocycles. The second kappa shape index (κ2) is 4.94. The third-order valence-corrected chi connectivity index (χ3v) is 3.17. The van der Waals surface area contributed by atoms with Crippen LogP contribution in [-0.4, -0.2) is 22.2 Å². The van der Waals surface area contributed by atoms with Crippen molar-refractivity contribution in [2.24, 2.45) is 0 Å². The standard InChI is InChI=1S/C15H13FN2O2/c1-20-10-7-5-9(6-8-10)14(19)15-17-12-4-2-3-11(16)13(12)18-15/h2-8,14,19H,1H3,(H,17,18). The highest BCUT2D eigenvalue weighted by molar-refractivity contribution is 5.75. The molecule has 1 heterocycles. The summed E-state index contributed by atoms with van der Waals surface area (Å²) in [6.07, 6.45) is -0.937. The molecule has 0 radical (unpaired) electrons. The second-order valence-corrected chi connectivity index (χ2v) is 4.43. The summed E-state index contributed by atoms with van der Waals surface area (Å²) < 4.78 is 18.6. The van der Waals surface area contributed by atoms with E-state index in [9.17, 15) is 9.50 Å². The SMILES string of the molecule is COc1ccc(C(O)c2nc3c(F)cccc3[nH]2)cc1. The number of para-hydroxylation sites is 1. The van der Waals surface area contributed by atoms with E-state index >= 15 is 0 Å². The van der Waals surface area contributed by atoms with Crippen LogP contribution in [0.25, 0.3) is 11.0 Å². The van der Waals surface area contributed by atoms with E-state index in [-0.39, 0.29) is 5.52 Å². The highest BCUT2D eigenvalue weighted by Crippen LogP contribution is 2.24. The van der Waals surface area contributed by atoms with Crippen LogP contribution in [-0.2, 0) is 0 Å². The van der Waals surface area contributed by atoms with Crippen molar-refractivity contribution in [1.82, 2.24) is 9.97 Å². The summed E-state index contributed by atoms with van der Waals surface area (Å²) in [4.78, 5) is 7.05. The largest absolute Gasteiger partial charge is 0.497 e. The fourth-order valence-electron chi connectivity index (χ4n) is 2.09. The number of methoxy groups -OCH3 is 1. The molecule has 0 bridgehead atoms. The molecule has 3 rings (SSSR count). The number of aliphatic hydroxyl groups excluding tert-OH is 1. The minimum Gasteiger partial charge on any atom is -0.497 e. The van der Waals surface area contributed by atoms with Gasteiger partial charge in [-0.3, -0.25) is 0 Å². The quantitative estimate of drug-likeness (QED) is 0.770. The van der Waals surface area contributed by atoms with Crippen molar-refractivity contribution < 1.29 is 14.2 Å². The van der Waals surface area contributed by atoms with Crippen molar-refractivity contribution in [3.63, 3.8) is 0 Å². The van der Waals surface area contributed by atoms with Crippen molar-refractivity contribution in [2.45, 2.75) is 6.10 Å². The first-order valence-corrected chi connectivity index (χ1v) is 6.15. The van der Waals surface area contributed by atoms with Gasteiger partial charge in [0.1, 0.15) is 23.2 Å². The topological polar surface area (TPSA) is 58.1 Å². The fraction of sp³-hybridized carbons (Fsp3) is 0.133. The lowest BCUT2D eigenvalue weighted by Gasteiger charge is -2.08. The molecule has 0 aliphatic carbocycles. The van der Waals surface area contributed by atoms with Gasteiger partial charge < -0.3 is 14.8 Å². The van der Waals surface area contributed by atoms with E-state index in [1.807, 2.05) is 0 Å². The molecule has 102 valence electrons. The van der Waals surface area contributed by atoms with Crippen LogP contribution in [0.15, 0.2) is 42.5 Å². The zero-order valence-corrected chi connectivity index (χ0v) is 10.8. The maximum Gasteiger partial charge on any atom is 0.151 e. The first-order valence-electron chi connectivity index (χ1n) is 6.15. The van der Waals surface area contributed by atoms with Crippen LogP contribution >= 0.6 is 0 Å². The first kappa shape index (κ1) is 12.6. The molecule has 3 aromatic rings. The van der Waals surface area contributed by atoms with E-state index in [1.165, 1.54) is 6.07 Å². The summed E-state index contributed by atoms with van der Waals surface area (Å²) in [5.41, 5.74) is 1.45. The summed E-state index contributed by atoms with van der Waals surface area (Å²) in [7, 11) is 1.58. The average molecular weight is 272 g/mol. The third-order valence-electron chi connectivity index (χ3n) is 3.17. The van der Waals surface area contributed by atoms with E-state index < -0.39 is 11.9 Å². The van der Waals surface area contributed by atoms with Crippen LogP contribution in [0, 0.1) is 5.82 Å². The first-order chi connectivity index (χ1) is 9.69. The number of aromatic nitrogens is 2. The van der Waals surface area contributed by atoms with Crippen LogP contribution in [0.1, 0.15) is 17.5 Å². The Kier molecular flexibility index (Phi) is 3.12. The van der Waals surface area contributed by atoms with Crippen LogP contribution in [0.2, 0.25) is 0 Å². The van der Waals surface area contributed by atoms with Gasteiger partial charge in [0.15, 0.2) is 5.82 Å². The molecule has 0 amide bonds. The summed E-state index contributed by atoms with van der Waals surface area (Å²) >= 11 is 0. The maximum atomic E-state index is 13.6. The number of hydrogen-bond donors (Lipinski definition) is 2. The van der Waals surface area contributed by atoms with Crippen molar-refractivity contribution >= 4 is 11.0 Å². The number of rotatable bonds is 3. The Bertz CT molecular complexity index is 737. The third kappa shape index (κ3) is 2.12. The molecule has 0 aliphatic rings. The van der Waals surface area contributed by atoms with Gasteiger partial charge in [-0.1, -0.05) is 18.2 Å². The zero-order valence-electron chi connectivity index (χ0n) is 10.8. The maximum absolute atomic E-state index is 13.6. The van der Waals surface area contributed by atoms with Gasteiger partial charge in [0.05, 0.1) is 12.6 Å². The summed E-state index contributed by atoms with van der Waals surface area (Å²) in [5.74, 6) is 0.610. The molecular weight excluding hydrogens is 259 g/mol. The summed E-state index contributed by atoms with van der Waals surface area (Å²) in [6, 6.07) is 11.6. The van der Waals surface area contributed by atoms with E-state index in [0.29, 0.717) is 22.7 Å². The van der Waals surface area contributed by atoms with Crippen molar-refractivity contribution in [2.75, 3.05) is 7.11 Å². The van der Waals surface area contributed by atoms with Crippen LogP contribution in [0.5, 0.6) is 5.75 Å². The number of fused-ring (bicyclic) bond motifs is 1. The molecule has 1 aromatic heterocycles. The number of nitrogens with zero attached hydrogens (tertiary/aromatic N) is 1. The molecule has 0 saturated carbocycles. The van der Waals surface area contributed by atoms with Crippen LogP contribution in [0.4, 0.5) is 4.39 Å². The highest BCUT2D eigenvalue weighted by Gasteiger charge is 2.16. The number of hydrogen-bond acceptors (Lipinski definition) is 3. The Morgan fingerprint density at radius 2 is 1.95 bits per heavy atom. The number of benzene rings is 2. The number of aromatic amines is 1. The van der Waals surface area contributed by atoms with E-state index in [0.717, 1.165) is 0 Å². The summed E-state index contributed by atoms with van der Waals surface area (Å²) in [5, 5.41) is 10.3. The van der Waals surface area contributed by atoms with Gasteiger partial charge in [-0.2, -0.15) is 0 Å². The molecule has 0 saturated heterocycles. The number of H-pyrrole nitrogens is 1. The number of aliphatic hydroxyl groups is 1. The van der Waals surface area contributed by atoms with Crippen molar-refractivity contribution in [1.29, 1.82) is 0 Å². The van der Waals surface area contributed by atoms with Gasteiger partial charge >= 0.3 is 0 Å². The Hall–Kier alpha value is -2.40. The predicted octanol–water partition coefficient (Wildman–Crippen LogP) is 2.79. The Morgan fingerprint density at radius 3 is 2.60 bits per heavy atom. The summed E-state index contributed by atoms with van der Waals surface area (Å²) in [6.45, 7) is 0. The lowest BCUT2D eigenvalue weighted by Crippen LogP contribution is -2.01. The highest BCUT2D eigenvalue weighted by atomic mass is 19.1. The Balaban J connectivity index is 1.98. The van der Waals surface area contributed by atoms with Gasteiger partial charge in [-0.25, -0.2) is 9.37 Å². The molecule has 5 heteroatoms. The van der Waals surface area contributed by atoms with Crippen LogP contribution in [0.3, 0.4) is 0 Å². The lowest BCUT2D eigenvalue weighted by atomic mass is 10.1. The molecule has 20 heavy (non-hydrogen) atoms. The fourth-order valence-corrected chi connectivity index (χ4v) is 2.09. The Labute approximate surface area is 114 Å². The molecule has 2 N–H and O–H groups in total. The molecule has 1 atom stereocenters. The number of halogens is 1. The van der Waals surface area contributed by atoms with E-state index in [4.69, 9.17) is 4.74 Å². The predicted molar refractivity (Wildman–Crippen MR) is 73.1 cm³/mol. The molecule has 4 nitrogen and oxygen atoms in total. The molecular formula is C15H13FN2O2. The van der Waals surface area contributed by atoms with Crippen LogP contribution < -0.4 is 4.74 Å². The zero-order chi connectivity index (χ0) is 14.1. The average Bonchev–Trinajstić information content (AvgIpc) is 2.92. The van der Waals surface area contributed by atoms with Crippen molar-refractivity contribution in [3.05, 3.63) is 59.7 Å². The molecule has 0 fully saturated rings. The monoisotopic (exact) mass is 272 g/mol. The molecule has 0 aliphatic heterocycles. The smallest absolute Gasteiger partial charge is 0.151 e. The minimum absolute atomic E-state index is 0.232. The van der Waals surface area contributed by atoms with Gasteiger partial charge in [-0.05, 0) is 29.8 Å². The van der Waals surface area contributed by atoms with Gasteiger partial charge in [-0.15, -0.1) is 0 Å². The van der Waals surface area contributed by atoms with Gasteiger partial charge in [0, 0.05) is 0 Å². The molecule has 0 spiro atoms. The van der Waals surface area contributed by atoms with E-state index in [1.54, 1.807) is 43.5 Å². The number of imidazole rings is 1. The van der Waals surface area contributed by atoms with Gasteiger partial charge in [0.25, 0.3) is 0 Å². The van der Waals surface area contributed by atoms with E-state index in [2.05, 4.69) is 9.97 Å².